The number of alkyl halides is 3. The van der Waals surface area contributed by atoms with Crippen molar-refractivity contribution < 1.29 is 27.8 Å². The first kappa shape index (κ1) is 20.3. The SMILES string of the molecule is Cn1nc(C(=O)NCC(O)c2ccc(OC(F)(F)F)cc2)c2ccccc2c1=O. The van der Waals surface area contributed by atoms with Gasteiger partial charge in [0.15, 0.2) is 5.69 Å². The van der Waals surface area contributed by atoms with E-state index in [-0.39, 0.29) is 23.4 Å². The molecule has 0 saturated carbocycles. The minimum Gasteiger partial charge on any atom is -0.406 e. The van der Waals surface area contributed by atoms with Gasteiger partial charge >= 0.3 is 6.36 Å². The van der Waals surface area contributed by atoms with Crippen molar-refractivity contribution in [2.75, 3.05) is 6.54 Å². The molecule has 152 valence electrons. The fourth-order valence-electron chi connectivity index (χ4n) is 2.75. The second kappa shape index (κ2) is 7.92. The number of nitrogens with one attached hydrogen (secondary N) is 1. The number of benzene rings is 2. The third kappa shape index (κ3) is 4.72. The highest BCUT2D eigenvalue weighted by Gasteiger charge is 2.31. The summed E-state index contributed by atoms with van der Waals surface area (Å²) in [5.41, 5.74) is -0.0414. The summed E-state index contributed by atoms with van der Waals surface area (Å²) in [5.74, 6) is -1.02. The first-order valence-electron chi connectivity index (χ1n) is 8.44. The molecule has 1 heterocycles. The average molecular weight is 407 g/mol. The van der Waals surface area contributed by atoms with E-state index >= 15 is 0 Å². The molecule has 2 N–H and O–H groups in total. The molecule has 10 heteroatoms. The van der Waals surface area contributed by atoms with Crippen molar-refractivity contribution in [1.82, 2.24) is 15.1 Å². The van der Waals surface area contributed by atoms with Crippen molar-refractivity contribution in [3.8, 4) is 5.75 Å². The van der Waals surface area contributed by atoms with E-state index in [1.54, 1.807) is 24.3 Å². The van der Waals surface area contributed by atoms with Crippen LogP contribution in [0.1, 0.15) is 22.2 Å². The lowest BCUT2D eigenvalue weighted by molar-refractivity contribution is -0.274. The summed E-state index contributed by atoms with van der Waals surface area (Å²) in [6.45, 7) is -0.211. The monoisotopic (exact) mass is 407 g/mol. The molecule has 0 radical (unpaired) electrons. The Labute approximate surface area is 162 Å². The van der Waals surface area contributed by atoms with Crippen LogP contribution in [0.25, 0.3) is 10.8 Å². The summed E-state index contributed by atoms with van der Waals surface area (Å²) in [6.07, 6.45) is -5.97. The molecule has 29 heavy (non-hydrogen) atoms. The molecule has 0 fully saturated rings. The van der Waals surface area contributed by atoms with E-state index in [0.29, 0.717) is 10.8 Å². The van der Waals surface area contributed by atoms with Crippen LogP contribution in [-0.2, 0) is 7.05 Å². The van der Waals surface area contributed by atoms with Crippen LogP contribution < -0.4 is 15.6 Å². The summed E-state index contributed by atoms with van der Waals surface area (Å²) >= 11 is 0. The maximum absolute atomic E-state index is 12.5. The predicted octanol–water partition coefficient (Wildman–Crippen LogP) is 2.30. The minimum absolute atomic E-state index is 0.0174. The van der Waals surface area contributed by atoms with Gasteiger partial charge in [-0.25, -0.2) is 4.68 Å². The Morgan fingerprint density at radius 2 is 1.79 bits per heavy atom. The first-order chi connectivity index (χ1) is 13.7. The Bertz CT molecular complexity index is 1090. The molecule has 2 aromatic carbocycles. The number of fused-ring (bicyclic) bond motifs is 1. The van der Waals surface area contributed by atoms with Crippen molar-refractivity contribution in [3.05, 3.63) is 70.1 Å². The summed E-state index contributed by atoms with van der Waals surface area (Å²) < 4.78 is 41.4. The number of amides is 1. The highest BCUT2D eigenvalue weighted by atomic mass is 19.4. The highest BCUT2D eigenvalue weighted by Crippen LogP contribution is 2.24. The number of hydrogen-bond acceptors (Lipinski definition) is 5. The number of carbonyl (C=O) groups is 1. The Morgan fingerprint density at radius 1 is 1.17 bits per heavy atom. The van der Waals surface area contributed by atoms with Crippen LogP contribution in [-0.4, -0.2) is 33.7 Å². The molecule has 3 rings (SSSR count). The van der Waals surface area contributed by atoms with Crippen LogP contribution in [0, 0.1) is 0 Å². The Morgan fingerprint density at radius 3 is 2.41 bits per heavy atom. The quantitative estimate of drug-likeness (QED) is 0.677. The third-order valence-corrected chi connectivity index (χ3v) is 4.13. The molecule has 1 aromatic heterocycles. The van der Waals surface area contributed by atoms with E-state index in [2.05, 4.69) is 15.2 Å². The number of rotatable bonds is 5. The van der Waals surface area contributed by atoms with Gasteiger partial charge in [0.2, 0.25) is 0 Å². The third-order valence-electron chi connectivity index (χ3n) is 4.13. The van der Waals surface area contributed by atoms with Crippen molar-refractivity contribution in [2.24, 2.45) is 7.05 Å². The van der Waals surface area contributed by atoms with Gasteiger partial charge in [-0.1, -0.05) is 30.3 Å². The number of hydrogen-bond donors (Lipinski definition) is 2. The number of nitrogens with zero attached hydrogens (tertiary/aromatic N) is 2. The molecule has 0 saturated heterocycles. The zero-order chi connectivity index (χ0) is 21.2. The van der Waals surface area contributed by atoms with Gasteiger partial charge in [-0.2, -0.15) is 5.10 Å². The number of aliphatic hydroxyl groups excluding tert-OH is 1. The van der Waals surface area contributed by atoms with Crippen LogP contribution in [0.4, 0.5) is 13.2 Å². The van der Waals surface area contributed by atoms with E-state index in [4.69, 9.17) is 0 Å². The lowest BCUT2D eigenvalue weighted by atomic mass is 10.1. The van der Waals surface area contributed by atoms with Crippen molar-refractivity contribution in [1.29, 1.82) is 0 Å². The van der Waals surface area contributed by atoms with Gasteiger partial charge in [-0.05, 0) is 23.8 Å². The van der Waals surface area contributed by atoms with Gasteiger partial charge in [0.05, 0.1) is 11.5 Å². The number of aryl methyl sites for hydroxylation is 1. The van der Waals surface area contributed by atoms with Gasteiger partial charge in [-0.3, -0.25) is 9.59 Å². The number of ether oxygens (including phenoxy) is 1. The van der Waals surface area contributed by atoms with E-state index in [1.807, 2.05) is 0 Å². The fraction of sp³-hybridized carbons (Fsp3) is 0.211. The molecule has 1 unspecified atom stereocenters. The summed E-state index contributed by atoms with van der Waals surface area (Å²) in [7, 11) is 1.42. The lowest BCUT2D eigenvalue weighted by Crippen LogP contribution is -2.32. The zero-order valence-electron chi connectivity index (χ0n) is 15.1. The standard InChI is InChI=1S/C19H16F3N3O4/c1-25-18(28)14-5-3-2-4-13(14)16(24-25)17(27)23-10-15(26)11-6-8-12(9-7-11)29-19(20,21)22/h2-9,15,26H,10H2,1H3,(H,23,27). The number of carbonyl (C=O) groups excluding carboxylic acids is 1. The largest absolute Gasteiger partial charge is 0.573 e. The average Bonchev–Trinajstić information content (AvgIpc) is 2.68. The molecule has 3 aromatic rings. The first-order valence-corrected chi connectivity index (χ1v) is 8.44. The molecular formula is C19H16F3N3O4. The van der Waals surface area contributed by atoms with E-state index < -0.39 is 24.1 Å². The van der Waals surface area contributed by atoms with E-state index in [0.717, 1.165) is 16.8 Å². The normalized spacial score (nSPS) is 12.6. The molecular weight excluding hydrogens is 391 g/mol. The second-order valence-corrected chi connectivity index (χ2v) is 6.17. The summed E-state index contributed by atoms with van der Waals surface area (Å²) in [4.78, 5) is 24.6. The van der Waals surface area contributed by atoms with Crippen LogP contribution in [0.2, 0.25) is 0 Å². The van der Waals surface area contributed by atoms with Gasteiger partial charge in [-0.15, -0.1) is 13.2 Å². The Kier molecular flexibility index (Phi) is 5.55. The lowest BCUT2D eigenvalue weighted by Gasteiger charge is -2.14. The van der Waals surface area contributed by atoms with Crippen LogP contribution in [0.15, 0.2) is 53.3 Å². The maximum Gasteiger partial charge on any atom is 0.573 e. The smallest absolute Gasteiger partial charge is 0.406 e. The van der Waals surface area contributed by atoms with Crippen molar-refractivity contribution >= 4 is 16.7 Å². The van der Waals surface area contributed by atoms with Crippen LogP contribution >= 0.6 is 0 Å². The molecule has 0 bridgehead atoms. The summed E-state index contributed by atoms with van der Waals surface area (Å²) in [6, 6.07) is 11.2. The number of aliphatic hydroxyl groups is 1. The fourth-order valence-corrected chi connectivity index (χ4v) is 2.75. The predicted molar refractivity (Wildman–Crippen MR) is 97.4 cm³/mol. The van der Waals surface area contributed by atoms with Gasteiger partial charge in [0.25, 0.3) is 11.5 Å². The molecule has 0 aliphatic carbocycles. The molecule has 7 nitrogen and oxygen atoms in total. The van der Waals surface area contributed by atoms with E-state index in [1.165, 1.54) is 19.2 Å². The van der Waals surface area contributed by atoms with Crippen molar-refractivity contribution in [3.63, 3.8) is 0 Å². The Hall–Kier alpha value is -3.40. The molecule has 1 amide bonds. The Balaban J connectivity index is 1.72. The highest BCUT2D eigenvalue weighted by molar-refractivity contribution is 6.04. The minimum atomic E-state index is -4.81. The topological polar surface area (TPSA) is 93.5 Å². The maximum atomic E-state index is 12.5. The second-order valence-electron chi connectivity index (χ2n) is 6.17. The van der Waals surface area contributed by atoms with Gasteiger partial charge < -0.3 is 15.2 Å². The zero-order valence-corrected chi connectivity index (χ0v) is 15.1. The molecule has 0 aliphatic heterocycles. The molecule has 1 atom stereocenters. The number of aromatic nitrogens is 2. The van der Waals surface area contributed by atoms with E-state index in [9.17, 15) is 27.9 Å². The summed E-state index contributed by atoms with van der Waals surface area (Å²) in [5, 5.41) is 17.4. The molecule has 0 spiro atoms. The van der Waals surface area contributed by atoms with Crippen LogP contribution in [0.3, 0.4) is 0 Å². The van der Waals surface area contributed by atoms with Gasteiger partial charge in [0, 0.05) is 19.0 Å². The number of halogens is 3. The van der Waals surface area contributed by atoms with Gasteiger partial charge in [0.1, 0.15) is 5.75 Å². The van der Waals surface area contributed by atoms with Crippen LogP contribution in [0.5, 0.6) is 5.75 Å². The molecule has 0 aliphatic rings. The van der Waals surface area contributed by atoms with Crippen molar-refractivity contribution in [2.45, 2.75) is 12.5 Å².